The van der Waals surface area contributed by atoms with Crippen molar-refractivity contribution in [1.82, 2.24) is 29.8 Å². The molecule has 0 bridgehead atoms. The Morgan fingerprint density at radius 1 is 1.24 bits per heavy atom. The lowest BCUT2D eigenvalue weighted by atomic mass is 9.84. The minimum absolute atomic E-state index is 0.0172. The van der Waals surface area contributed by atoms with Gasteiger partial charge in [-0.2, -0.15) is 5.10 Å². The first-order valence-electron chi connectivity index (χ1n) is 9.86. The molecule has 0 radical (unpaired) electrons. The van der Waals surface area contributed by atoms with E-state index in [9.17, 15) is 9.18 Å². The standard InChI is InChI=1S/C20H18FN7O4S/c1-22-33-27-17-16(21)12(4-5-23-17)9-28-19(29)32-15-8-13(31-18-24-6-7-25-26-18)2-3-14(15)20(28)10-30-11-20/h2-8,22H,9-11H2,1H3,(H,23,27). The molecular formula is C20H18FN7O4S. The van der Waals surface area contributed by atoms with Gasteiger partial charge in [-0.1, -0.05) is 5.10 Å². The van der Waals surface area contributed by atoms with Crippen LogP contribution in [-0.4, -0.2) is 51.4 Å². The van der Waals surface area contributed by atoms with Crippen LogP contribution in [0.25, 0.3) is 0 Å². The highest BCUT2D eigenvalue weighted by Gasteiger charge is 2.53. The molecule has 4 heterocycles. The summed E-state index contributed by atoms with van der Waals surface area (Å²) in [7, 11) is 1.70. The van der Waals surface area contributed by atoms with E-state index in [1.807, 2.05) is 0 Å². The van der Waals surface area contributed by atoms with Crippen LogP contribution in [0.4, 0.5) is 15.0 Å². The van der Waals surface area contributed by atoms with E-state index in [4.69, 9.17) is 14.2 Å². The maximum Gasteiger partial charge on any atom is 0.416 e. The number of benzene rings is 1. The first-order chi connectivity index (χ1) is 16.1. The average Bonchev–Trinajstić information content (AvgIpc) is 2.79. The Kier molecular flexibility index (Phi) is 5.66. The molecule has 11 nitrogen and oxygen atoms in total. The molecule has 2 aliphatic rings. The fourth-order valence-corrected chi connectivity index (χ4v) is 4.00. The van der Waals surface area contributed by atoms with Gasteiger partial charge in [0.25, 0.3) is 0 Å². The smallest absolute Gasteiger partial charge is 0.416 e. The minimum atomic E-state index is -0.781. The summed E-state index contributed by atoms with van der Waals surface area (Å²) in [6, 6.07) is 6.70. The molecule has 2 aromatic heterocycles. The lowest BCUT2D eigenvalue weighted by Gasteiger charge is -2.51. The van der Waals surface area contributed by atoms with E-state index >= 15 is 0 Å². The zero-order chi connectivity index (χ0) is 22.8. The molecule has 0 atom stereocenters. The topological polar surface area (TPSA) is 124 Å². The van der Waals surface area contributed by atoms with Gasteiger partial charge in [-0.15, -0.1) is 0 Å². The maximum absolute atomic E-state index is 15.0. The number of hydrogen-bond donors (Lipinski definition) is 2. The van der Waals surface area contributed by atoms with Gasteiger partial charge in [0.15, 0.2) is 11.6 Å². The van der Waals surface area contributed by atoms with Crippen molar-refractivity contribution in [2.75, 3.05) is 25.0 Å². The number of pyridine rings is 1. The maximum atomic E-state index is 15.0. The number of fused-ring (bicyclic) bond motifs is 2. The van der Waals surface area contributed by atoms with Crippen molar-refractivity contribution in [2.24, 2.45) is 0 Å². The number of halogens is 1. The molecule has 33 heavy (non-hydrogen) atoms. The van der Waals surface area contributed by atoms with Crippen LogP contribution in [0.15, 0.2) is 42.9 Å². The molecule has 0 unspecified atom stereocenters. The van der Waals surface area contributed by atoms with Gasteiger partial charge in [-0.3, -0.25) is 9.62 Å². The SMILES string of the molecule is CNSNc1nccc(CN2C(=O)Oc3cc(Oc4nccnn4)ccc3C23COC3)c1F. The Bertz CT molecular complexity index is 1180. The molecule has 1 saturated heterocycles. The number of hydrogen-bond acceptors (Lipinski definition) is 11. The minimum Gasteiger partial charge on any atom is -0.423 e. The molecule has 5 rings (SSSR count). The summed E-state index contributed by atoms with van der Waals surface area (Å²) in [5, 5.41) is 7.49. The lowest BCUT2D eigenvalue weighted by Crippen LogP contribution is -2.63. The second-order valence-electron chi connectivity index (χ2n) is 7.20. The zero-order valence-corrected chi connectivity index (χ0v) is 18.1. The second kappa shape index (κ2) is 8.77. The molecule has 13 heteroatoms. The van der Waals surface area contributed by atoms with E-state index in [0.29, 0.717) is 17.1 Å². The van der Waals surface area contributed by atoms with Gasteiger partial charge >= 0.3 is 12.1 Å². The van der Waals surface area contributed by atoms with Gasteiger partial charge in [-0.05, 0) is 25.2 Å². The molecule has 2 N–H and O–H groups in total. The molecule has 1 aromatic carbocycles. The van der Waals surface area contributed by atoms with Crippen molar-refractivity contribution in [1.29, 1.82) is 0 Å². The summed E-state index contributed by atoms with van der Waals surface area (Å²) in [4.78, 5) is 22.5. The fraction of sp³-hybridized carbons (Fsp3) is 0.250. The summed E-state index contributed by atoms with van der Waals surface area (Å²) < 4.78 is 37.2. The van der Waals surface area contributed by atoms with E-state index in [0.717, 1.165) is 17.7 Å². The molecule has 170 valence electrons. The van der Waals surface area contributed by atoms with Gasteiger partial charge in [0.2, 0.25) is 0 Å². The first-order valence-corrected chi connectivity index (χ1v) is 10.7. The van der Waals surface area contributed by atoms with E-state index in [1.165, 1.54) is 29.6 Å². The number of carbonyl (C=O) groups is 1. The third-order valence-electron chi connectivity index (χ3n) is 5.29. The number of rotatable bonds is 7. The number of aromatic nitrogens is 4. The van der Waals surface area contributed by atoms with Gasteiger partial charge in [0.1, 0.15) is 17.0 Å². The zero-order valence-electron chi connectivity index (χ0n) is 17.3. The van der Waals surface area contributed by atoms with Gasteiger partial charge in [0.05, 0.1) is 32.2 Å². The Hall–Kier alpha value is -3.55. The van der Waals surface area contributed by atoms with E-state index < -0.39 is 17.4 Å². The van der Waals surface area contributed by atoms with Crippen molar-refractivity contribution in [3.05, 3.63) is 59.8 Å². The van der Waals surface area contributed by atoms with Crippen molar-refractivity contribution in [2.45, 2.75) is 12.1 Å². The van der Waals surface area contributed by atoms with Crippen LogP contribution in [0.3, 0.4) is 0 Å². The molecule has 0 aliphatic carbocycles. The highest BCUT2D eigenvalue weighted by molar-refractivity contribution is 7.98. The van der Waals surface area contributed by atoms with Crippen LogP contribution >= 0.6 is 12.1 Å². The van der Waals surface area contributed by atoms with Crippen molar-refractivity contribution in [3.63, 3.8) is 0 Å². The molecule has 1 spiro atoms. The van der Waals surface area contributed by atoms with E-state index in [-0.39, 0.29) is 31.6 Å². The van der Waals surface area contributed by atoms with Crippen LogP contribution in [0, 0.1) is 5.82 Å². The van der Waals surface area contributed by atoms with Crippen molar-refractivity contribution >= 4 is 24.0 Å². The summed E-state index contributed by atoms with van der Waals surface area (Å²) in [5.41, 5.74) is 0.257. The monoisotopic (exact) mass is 471 g/mol. The normalized spacial score (nSPS) is 16.1. The second-order valence-corrected chi connectivity index (χ2v) is 8.02. The van der Waals surface area contributed by atoms with Crippen LogP contribution < -0.4 is 18.9 Å². The highest BCUT2D eigenvalue weighted by atomic mass is 32.2. The summed E-state index contributed by atoms with van der Waals surface area (Å²) in [6.45, 7) is 0.500. The van der Waals surface area contributed by atoms with Gasteiger partial charge < -0.3 is 14.2 Å². The highest BCUT2D eigenvalue weighted by Crippen LogP contribution is 2.46. The van der Waals surface area contributed by atoms with E-state index in [2.05, 4.69) is 29.6 Å². The predicted octanol–water partition coefficient (Wildman–Crippen LogP) is 2.63. The Morgan fingerprint density at radius 3 is 2.85 bits per heavy atom. The first kappa shape index (κ1) is 21.3. The molecular weight excluding hydrogens is 453 g/mol. The van der Waals surface area contributed by atoms with Crippen molar-refractivity contribution < 1.29 is 23.4 Å². The average molecular weight is 471 g/mol. The van der Waals surface area contributed by atoms with Crippen LogP contribution in [0.1, 0.15) is 11.1 Å². The molecule has 0 saturated carbocycles. The summed E-state index contributed by atoms with van der Waals surface area (Å²) in [6.07, 6.45) is 3.75. The number of ether oxygens (including phenoxy) is 3. The Labute approximate surface area is 191 Å². The van der Waals surface area contributed by atoms with Crippen LogP contribution in [0.5, 0.6) is 17.5 Å². The molecule has 1 fully saturated rings. The van der Waals surface area contributed by atoms with Gasteiger partial charge in [-0.25, -0.2) is 23.9 Å². The predicted molar refractivity (Wildman–Crippen MR) is 115 cm³/mol. The largest absolute Gasteiger partial charge is 0.423 e. The van der Waals surface area contributed by atoms with E-state index in [1.54, 1.807) is 25.2 Å². The third kappa shape index (κ3) is 3.90. The summed E-state index contributed by atoms with van der Waals surface area (Å²) in [5.74, 6) is 0.241. The number of nitrogens with one attached hydrogen (secondary N) is 2. The number of carbonyl (C=O) groups excluding carboxylic acids is 1. The Morgan fingerprint density at radius 2 is 2.12 bits per heavy atom. The Balaban J connectivity index is 1.44. The van der Waals surface area contributed by atoms with Crippen LogP contribution in [0.2, 0.25) is 0 Å². The number of amides is 1. The molecule has 2 aliphatic heterocycles. The van der Waals surface area contributed by atoms with Crippen LogP contribution in [-0.2, 0) is 16.8 Å². The van der Waals surface area contributed by atoms with Gasteiger partial charge in [0, 0.05) is 35.5 Å². The summed E-state index contributed by atoms with van der Waals surface area (Å²) >= 11 is 1.09. The quantitative estimate of drug-likeness (QED) is 0.494. The fourth-order valence-electron chi connectivity index (χ4n) is 3.66. The number of nitrogens with zero attached hydrogens (tertiary/aromatic N) is 5. The lowest BCUT2D eigenvalue weighted by molar-refractivity contribution is -0.143. The third-order valence-corrected chi connectivity index (χ3v) is 5.79. The number of anilines is 1. The van der Waals surface area contributed by atoms with Crippen molar-refractivity contribution in [3.8, 4) is 17.5 Å². The molecule has 3 aromatic rings. The molecule has 1 amide bonds.